The molecule has 8 nitrogen and oxygen atoms in total. The molecule has 1 aliphatic rings. The summed E-state index contributed by atoms with van der Waals surface area (Å²) in [6.45, 7) is 7.79. The van der Waals surface area contributed by atoms with Crippen LogP contribution in [-0.2, 0) is 4.79 Å². The van der Waals surface area contributed by atoms with Gasteiger partial charge in [0.2, 0.25) is 6.79 Å². The molecule has 2 aromatic carbocycles. The van der Waals surface area contributed by atoms with Crippen molar-refractivity contribution in [1.29, 1.82) is 0 Å². The maximum absolute atomic E-state index is 12.7. The summed E-state index contributed by atoms with van der Waals surface area (Å²) in [7, 11) is 0. The van der Waals surface area contributed by atoms with Crippen LogP contribution in [0.5, 0.6) is 17.2 Å². The number of nitrogens with zero attached hydrogens (tertiary/aromatic N) is 1. The van der Waals surface area contributed by atoms with Crippen LogP contribution in [-0.4, -0.2) is 37.5 Å². The van der Waals surface area contributed by atoms with Crippen LogP contribution in [0.25, 0.3) is 0 Å². The average molecular weight is 423 g/mol. The van der Waals surface area contributed by atoms with Gasteiger partial charge in [-0.05, 0) is 36.2 Å². The number of amides is 2. The zero-order valence-corrected chi connectivity index (χ0v) is 17.5. The van der Waals surface area contributed by atoms with Crippen molar-refractivity contribution in [3.63, 3.8) is 0 Å². The van der Waals surface area contributed by atoms with Gasteiger partial charge in [0, 0.05) is 11.1 Å². The summed E-state index contributed by atoms with van der Waals surface area (Å²) in [4.78, 5) is 25.3. The molecule has 162 valence electrons. The van der Waals surface area contributed by atoms with Gasteiger partial charge < -0.3 is 19.5 Å². The third kappa shape index (κ3) is 5.63. The van der Waals surface area contributed by atoms with Crippen molar-refractivity contribution in [2.75, 3.05) is 13.4 Å². The number of nitrogens with one attached hydrogen (secondary N) is 2. The Kier molecular flexibility index (Phi) is 7.26. The molecular formula is C23H25N3O5. The minimum Gasteiger partial charge on any atom is -0.489 e. The molecule has 0 spiro atoms. The Morgan fingerprint density at radius 2 is 1.97 bits per heavy atom. The highest BCUT2D eigenvalue weighted by molar-refractivity contribution is 5.98. The second kappa shape index (κ2) is 10.3. The molecule has 0 fully saturated rings. The second-order valence-electron chi connectivity index (χ2n) is 7.13. The zero-order valence-electron chi connectivity index (χ0n) is 17.5. The first kappa shape index (κ1) is 21.9. The van der Waals surface area contributed by atoms with Gasteiger partial charge in [0.15, 0.2) is 11.5 Å². The molecule has 1 unspecified atom stereocenters. The van der Waals surface area contributed by atoms with Gasteiger partial charge in [-0.3, -0.25) is 9.59 Å². The Bertz CT molecular complexity index is 987. The standard InChI is InChI=1S/C23H25N3O5/c1-4-11-29-18-8-6-5-7-17(18)13-24-26-23(28)21(15(2)3)25-22(27)16-9-10-19-20(12-16)31-14-30-19/h4-10,12-13,15,21H,1,11,14H2,2-3H3,(H,25,27)(H,26,28). The van der Waals surface area contributed by atoms with Crippen LogP contribution in [0.3, 0.4) is 0 Å². The van der Waals surface area contributed by atoms with E-state index >= 15 is 0 Å². The van der Waals surface area contributed by atoms with Gasteiger partial charge in [-0.1, -0.05) is 38.6 Å². The molecule has 2 aromatic rings. The fourth-order valence-electron chi connectivity index (χ4n) is 2.90. The number of carbonyl (C=O) groups is 2. The molecule has 8 heteroatoms. The van der Waals surface area contributed by atoms with Crippen LogP contribution in [0.4, 0.5) is 0 Å². The number of hydrogen-bond donors (Lipinski definition) is 2. The summed E-state index contributed by atoms with van der Waals surface area (Å²) in [5, 5.41) is 6.78. The monoisotopic (exact) mass is 423 g/mol. The number of rotatable bonds is 9. The summed E-state index contributed by atoms with van der Waals surface area (Å²) in [5.74, 6) is 0.735. The van der Waals surface area contributed by atoms with Crippen LogP contribution in [0.15, 0.2) is 60.2 Å². The van der Waals surface area contributed by atoms with Crippen LogP contribution >= 0.6 is 0 Å². The largest absolute Gasteiger partial charge is 0.489 e. The molecule has 0 saturated heterocycles. The molecule has 2 N–H and O–H groups in total. The number of carbonyl (C=O) groups excluding carboxylic acids is 2. The van der Waals surface area contributed by atoms with Crippen molar-refractivity contribution >= 4 is 18.0 Å². The summed E-state index contributed by atoms with van der Waals surface area (Å²) in [6.07, 6.45) is 3.14. The van der Waals surface area contributed by atoms with E-state index in [4.69, 9.17) is 14.2 Å². The predicted octanol–water partition coefficient (Wildman–Crippen LogP) is 2.88. The van der Waals surface area contributed by atoms with E-state index in [0.29, 0.717) is 35.0 Å². The van der Waals surface area contributed by atoms with Crippen LogP contribution in [0.1, 0.15) is 29.8 Å². The average Bonchev–Trinajstić information content (AvgIpc) is 3.24. The molecule has 0 saturated carbocycles. The number of para-hydroxylation sites is 1. The van der Waals surface area contributed by atoms with Crippen molar-refractivity contribution in [1.82, 2.24) is 10.7 Å². The normalized spacial score (nSPS) is 13.1. The van der Waals surface area contributed by atoms with Crippen molar-refractivity contribution < 1.29 is 23.8 Å². The summed E-state index contributed by atoms with van der Waals surface area (Å²) >= 11 is 0. The highest BCUT2D eigenvalue weighted by atomic mass is 16.7. The first-order valence-electron chi connectivity index (χ1n) is 9.85. The van der Waals surface area contributed by atoms with Crippen LogP contribution in [0, 0.1) is 5.92 Å². The molecule has 31 heavy (non-hydrogen) atoms. The van der Waals surface area contributed by atoms with Gasteiger partial charge in [0.1, 0.15) is 18.4 Å². The van der Waals surface area contributed by atoms with E-state index in [1.807, 2.05) is 32.0 Å². The van der Waals surface area contributed by atoms with Crippen molar-refractivity contribution in [3.05, 3.63) is 66.2 Å². The SMILES string of the molecule is C=CCOc1ccccc1C=NNC(=O)C(NC(=O)c1ccc2c(c1)OCO2)C(C)C. The van der Waals surface area contributed by atoms with Gasteiger partial charge in [-0.25, -0.2) is 5.43 Å². The lowest BCUT2D eigenvalue weighted by Gasteiger charge is -2.20. The lowest BCUT2D eigenvalue weighted by atomic mass is 10.0. The summed E-state index contributed by atoms with van der Waals surface area (Å²) < 4.78 is 16.1. The van der Waals surface area contributed by atoms with E-state index in [2.05, 4.69) is 22.4 Å². The fourth-order valence-corrected chi connectivity index (χ4v) is 2.90. The fraction of sp³-hybridized carbons (Fsp3) is 0.261. The van der Waals surface area contributed by atoms with Gasteiger partial charge in [0.25, 0.3) is 11.8 Å². The second-order valence-corrected chi connectivity index (χ2v) is 7.13. The van der Waals surface area contributed by atoms with Gasteiger partial charge in [-0.15, -0.1) is 0 Å². The first-order valence-corrected chi connectivity index (χ1v) is 9.85. The van der Waals surface area contributed by atoms with Crippen molar-refractivity contribution in [3.8, 4) is 17.2 Å². The third-order valence-corrected chi connectivity index (χ3v) is 4.52. The number of fused-ring (bicyclic) bond motifs is 1. The molecule has 1 atom stereocenters. The van der Waals surface area contributed by atoms with Gasteiger partial charge >= 0.3 is 0 Å². The lowest BCUT2D eigenvalue weighted by Crippen LogP contribution is -2.48. The number of hydrogen-bond acceptors (Lipinski definition) is 6. The Balaban J connectivity index is 1.64. The minimum absolute atomic E-state index is 0.122. The predicted molar refractivity (Wildman–Crippen MR) is 117 cm³/mol. The maximum Gasteiger partial charge on any atom is 0.262 e. The van der Waals surface area contributed by atoms with Gasteiger partial charge in [0.05, 0.1) is 6.21 Å². The molecule has 0 aliphatic carbocycles. The molecule has 0 radical (unpaired) electrons. The van der Waals surface area contributed by atoms with E-state index in [1.165, 1.54) is 6.21 Å². The molecule has 0 bridgehead atoms. The van der Waals surface area contributed by atoms with E-state index < -0.39 is 11.9 Å². The maximum atomic E-state index is 12.7. The van der Waals surface area contributed by atoms with Crippen molar-refractivity contribution in [2.45, 2.75) is 19.9 Å². The molecule has 2 amide bonds. The van der Waals surface area contributed by atoms with E-state index in [9.17, 15) is 9.59 Å². The molecule has 1 heterocycles. The first-order chi connectivity index (χ1) is 15.0. The summed E-state index contributed by atoms with van der Waals surface area (Å²) in [6, 6.07) is 11.4. The van der Waals surface area contributed by atoms with Crippen LogP contribution in [0.2, 0.25) is 0 Å². The Hall–Kier alpha value is -3.81. The number of hydrazone groups is 1. The molecule has 3 rings (SSSR count). The van der Waals surface area contributed by atoms with Crippen molar-refractivity contribution in [2.24, 2.45) is 11.0 Å². The number of benzene rings is 2. The van der Waals surface area contributed by atoms with Crippen LogP contribution < -0.4 is 25.0 Å². The lowest BCUT2D eigenvalue weighted by molar-refractivity contribution is -0.123. The zero-order chi connectivity index (χ0) is 22.2. The van der Waals surface area contributed by atoms with E-state index in [1.54, 1.807) is 30.3 Å². The third-order valence-electron chi connectivity index (χ3n) is 4.52. The smallest absolute Gasteiger partial charge is 0.262 e. The quantitative estimate of drug-likeness (QED) is 0.367. The topological polar surface area (TPSA) is 98.2 Å². The minimum atomic E-state index is -0.776. The Morgan fingerprint density at radius 1 is 1.19 bits per heavy atom. The molecular weight excluding hydrogens is 398 g/mol. The summed E-state index contributed by atoms with van der Waals surface area (Å²) in [5.41, 5.74) is 3.57. The van der Waals surface area contributed by atoms with E-state index in [0.717, 1.165) is 0 Å². The Labute approximate surface area is 180 Å². The molecule has 1 aliphatic heterocycles. The Morgan fingerprint density at radius 3 is 2.74 bits per heavy atom. The van der Waals surface area contributed by atoms with E-state index in [-0.39, 0.29) is 18.6 Å². The van der Waals surface area contributed by atoms with Gasteiger partial charge in [-0.2, -0.15) is 5.10 Å². The highest BCUT2D eigenvalue weighted by Crippen LogP contribution is 2.32. The number of ether oxygens (including phenoxy) is 3. The highest BCUT2D eigenvalue weighted by Gasteiger charge is 2.25. The molecule has 0 aromatic heterocycles.